The number of hydrogen-bond acceptors (Lipinski definition) is 4. The zero-order valence-electron chi connectivity index (χ0n) is 10.5. The first-order chi connectivity index (χ1) is 8.95. The summed E-state index contributed by atoms with van der Waals surface area (Å²) in [5.74, 6) is 0.565. The Labute approximate surface area is 131 Å². The molecule has 1 aromatic heterocycles. The minimum Gasteiger partial charge on any atom is -0.319 e. The van der Waals surface area contributed by atoms with Crippen molar-refractivity contribution in [3.05, 3.63) is 14.9 Å². The Morgan fingerprint density at radius 1 is 1.53 bits per heavy atom. The molecule has 0 saturated carbocycles. The molecule has 2 rings (SSSR count). The standard InChI is InChI=1S/C11H16BrClN2O2S2/c1-14-7-8-2-4-15(5-3-8)19(16,17)10-6-9(13)11(12)18-10/h6,8,14H,2-5,7H2,1H3. The van der Waals surface area contributed by atoms with E-state index < -0.39 is 10.0 Å². The Morgan fingerprint density at radius 3 is 2.63 bits per heavy atom. The predicted octanol–water partition coefficient (Wildman–Crippen LogP) is 2.78. The van der Waals surface area contributed by atoms with E-state index in [1.165, 1.54) is 17.4 Å². The highest BCUT2D eigenvalue weighted by Gasteiger charge is 2.30. The monoisotopic (exact) mass is 386 g/mol. The number of thiophene rings is 1. The molecule has 1 N–H and O–H groups in total. The molecule has 1 aliphatic rings. The van der Waals surface area contributed by atoms with Gasteiger partial charge in [0.1, 0.15) is 4.21 Å². The Kier molecular flexibility index (Phi) is 5.30. The average molecular weight is 388 g/mol. The van der Waals surface area contributed by atoms with Gasteiger partial charge in [-0.25, -0.2) is 8.42 Å². The molecule has 0 aromatic carbocycles. The van der Waals surface area contributed by atoms with Crippen LogP contribution in [0.3, 0.4) is 0 Å². The van der Waals surface area contributed by atoms with E-state index in [2.05, 4.69) is 21.2 Å². The van der Waals surface area contributed by atoms with Crippen LogP contribution < -0.4 is 5.32 Å². The smallest absolute Gasteiger partial charge is 0.252 e. The van der Waals surface area contributed by atoms with E-state index in [0.29, 0.717) is 32.0 Å². The number of nitrogens with zero attached hydrogens (tertiary/aromatic N) is 1. The molecule has 1 aromatic rings. The lowest BCUT2D eigenvalue weighted by molar-refractivity contribution is 0.271. The molecule has 8 heteroatoms. The van der Waals surface area contributed by atoms with E-state index in [9.17, 15) is 8.42 Å². The molecule has 19 heavy (non-hydrogen) atoms. The van der Waals surface area contributed by atoms with Crippen molar-refractivity contribution >= 4 is 48.9 Å². The van der Waals surface area contributed by atoms with Crippen molar-refractivity contribution in [2.75, 3.05) is 26.7 Å². The molecule has 1 fully saturated rings. The molecule has 1 saturated heterocycles. The van der Waals surface area contributed by atoms with Gasteiger partial charge in [-0.1, -0.05) is 11.6 Å². The van der Waals surface area contributed by atoms with Crippen molar-refractivity contribution in [2.24, 2.45) is 5.92 Å². The highest BCUT2D eigenvalue weighted by molar-refractivity contribution is 9.11. The summed E-state index contributed by atoms with van der Waals surface area (Å²) in [6, 6.07) is 1.52. The number of rotatable bonds is 4. The lowest BCUT2D eigenvalue weighted by Crippen LogP contribution is -2.40. The van der Waals surface area contributed by atoms with Gasteiger partial charge in [-0.15, -0.1) is 11.3 Å². The second-order valence-corrected chi connectivity index (χ2v) is 9.53. The van der Waals surface area contributed by atoms with Crippen LogP contribution in [0.4, 0.5) is 0 Å². The quantitative estimate of drug-likeness (QED) is 0.864. The summed E-state index contributed by atoms with van der Waals surface area (Å²) in [4.78, 5) is 0. The lowest BCUT2D eigenvalue weighted by atomic mass is 9.98. The first-order valence-corrected chi connectivity index (χ1v) is 9.47. The number of piperidine rings is 1. The molecule has 0 unspecified atom stereocenters. The Morgan fingerprint density at radius 2 is 2.16 bits per heavy atom. The van der Waals surface area contributed by atoms with Crippen LogP contribution in [0.25, 0.3) is 0 Å². The third-order valence-corrected chi connectivity index (χ3v) is 8.11. The number of sulfonamides is 1. The van der Waals surface area contributed by atoms with Gasteiger partial charge in [0.05, 0.1) is 8.81 Å². The summed E-state index contributed by atoms with van der Waals surface area (Å²) < 4.78 is 27.5. The Bertz CT molecular complexity index is 519. The van der Waals surface area contributed by atoms with Crippen molar-refractivity contribution in [3.8, 4) is 0 Å². The van der Waals surface area contributed by atoms with Crippen LogP contribution in [0.2, 0.25) is 5.02 Å². The molecule has 4 nitrogen and oxygen atoms in total. The van der Waals surface area contributed by atoms with E-state index in [4.69, 9.17) is 11.6 Å². The number of nitrogens with one attached hydrogen (secondary N) is 1. The van der Waals surface area contributed by atoms with Gasteiger partial charge >= 0.3 is 0 Å². The molecule has 1 aliphatic heterocycles. The van der Waals surface area contributed by atoms with Crippen molar-refractivity contribution in [1.29, 1.82) is 0 Å². The Balaban J connectivity index is 2.09. The van der Waals surface area contributed by atoms with Gasteiger partial charge < -0.3 is 5.32 Å². The van der Waals surface area contributed by atoms with Gasteiger partial charge in [0.2, 0.25) is 0 Å². The first kappa shape index (κ1) is 15.7. The highest BCUT2D eigenvalue weighted by atomic mass is 79.9. The molecular formula is C11H16BrClN2O2S2. The van der Waals surface area contributed by atoms with E-state index in [1.54, 1.807) is 4.31 Å². The summed E-state index contributed by atoms with van der Waals surface area (Å²) in [7, 11) is -1.46. The van der Waals surface area contributed by atoms with Crippen LogP contribution in [0.15, 0.2) is 14.1 Å². The maximum atomic E-state index is 12.5. The second-order valence-electron chi connectivity index (χ2n) is 4.59. The third-order valence-electron chi connectivity index (χ3n) is 3.28. The maximum absolute atomic E-state index is 12.5. The van der Waals surface area contributed by atoms with Gasteiger partial charge in [-0.05, 0) is 54.3 Å². The SMILES string of the molecule is CNCC1CCN(S(=O)(=O)c2cc(Cl)c(Br)s2)CC1. The van der Waals surface area contributed by atoms with Gasteiger partial charge in [0.15, 0.2) is 0 Å². The zero-order chi connectivity index (χ0) is 14.0. The predicted molar refractivity (Wildman–Crippen MR) is 82.4 cm³/mol. The first-order valence-electron chi connectivity index (χ1n) is 6.04. The number of hydrogen-bond donors (Lipinski definition) is 1. The van der Waals surface area contributed by atoms with Crippen LogP contribution in [-0.2, 0) is 10.0 Å². The van der Waals surface area contributed by atoms with Crippen molar-refractivity contribution < 1.29 is 8.42 Å². The summed E-state index contributed by atoms with van der Waals surface area (Å²) in [6.45, 7) is 2.12. The van der Waals surface area contributed by atoms with Crippen LogP contribution >= 0.6 is 38.9 Å². The van der Waals surface area contributed by atoms with E-state index >= 15 is 0 Å². The van der Waals surface area contributed by atoms with Crippen molar-refractivity contribution in [2.45, 2.75) is 17.1 Å². The summed E-state index contributed by atoms with van der Waals surface area (Å²) in [6.07, 6.45) is 1.81. The zero-order valence-corrected chi connectivity index (χ0v) is 14.5. The van der Waals surface area contributed by atoms with E-state index in [0.717, 1.165) is 19.4 Å². The maximum Gasteiger partial charge on any atom is 0.252 e. The number of halogens is 2. The minimum atomic E-state index is -3.39. The molecule has 0 radical (unpaired) electrons. The van der Waals surface area contributed by atoms with Gasteiger partial charge in [0.25, 0.3) is 10.0 Å². The fourth-order valence-electron chi connectivity index (χ4n) is 2.22. The average Bonchev–Trinajstić information content (AvgIpc) is 2.71. The fourth-order valence-corrected chi connectivity index (χ4v) is 6.25. The van der Waals surface area contributed by atoms with Crippen molar-refractivity contribution in [3.63, 3.8) is 0 Å². The molecule has 0 bridgehead atoms. The highest BCUT2D eigenvalue weighted by Crippen LogP contribution is 2.36. The van der Waals surface area contributed by atoms with E-state index in [1.807, 2.05) is 7.05 Å². The molecular weight excluding hydrogens is 372 g/mol. The molecule has 0 amide bonds. The van der Waals surface area contributed by atoms with Crippen molar-refractivity contribution in [1.82, 2.24) is 9.62 Å². The van der Waals surface area contributed by atoms with E-state index in [-0.39, 0.29) is 0 Å². The van der Waals surface area contributed by atoms with Crippen LogP contribution in [-0.4, -0.2) is 39.4 Å². The van der Waals surface area contributed by atoms with Crippen LogP contribution in [0.1, 0.15) is 12.8 Å². The second kappa shape index (κ2) is 6.41. The van der Waals surface area contributed by atoms with Crippen LogP contribution in [0.5, 0.6) is 0 Å². The third kappa shape index (κ3) is 3.51. The van der Waals surface area contributed by atoms with Crippen LogP contribution in [0, 0.1) is 5.92 Å². The minimum absolute atomic E-state index is 0.316. The Hall–Kier alpha value is 0.340. The summed E-state index contributed by atoms with van der Waals surface area (Å²) in [5, 5.41) is 3.60. The molecule has 0 aliphatic carbocycles. The molecule has 108 valence electrons. The summed E-state index contributed by atoms with van der Waals surface area (Å²) in [5.41, 5.74) is 0. The largest absolute Gasteiger partial charge is 0.319 e. The fraction of sp³-hybridized carbons (Fsp3) is 0.636. The molecule has 0 spiro atoms. The summed E-state index contributed by atoms with van der Waals surface area (Å²) >= 11 is 10.3. The van der Waals surface area contributed by atoms with Gasteiger partial charge in [-0.2, -0.15) is 4.31 Å². The lowest BCUT2D eigenvalue weighted by Gasteiger charge is -2.30. The molecule has 0 atom stereocenters. The normalized spacial score (nSPS) is 18.9. The topological polar surface area (TPSA) is 49.4 Å². The van der Waals surface area contributed by atoms with Gasteiger partial charge in [0, 0.05) is 13.1 Å². The van der Waals surface area contributed by atoms with Gasteiger partial charge in [-0.3, -0.25) is 0 Å². The molecule has 2 heterocycles.